The van der Waals surface area contributed by atoms with Gasteiger partial charge in [-0.2, -0.15) is 0 Å². The zero-order valence-electron chi connectivity index (χ0n) is 10.7. The highest BCUT2D eigenvalue weighted by atomic mass is 79.9. The van der Waals surface area contributed by atoms with Gasteiger partial charge >= 0.3 is 0 Å². The first-order valence-corrected chi connectivity index (χ1v) is 7.30. The second-order valence-electron chi connectivity index (χ2n) is 3.90. The third-order valence-corrected chi connectivity index (χ3v) is 3.81. The fourth-order valence-electron chi connectivity index (χ4n) is 1.53. The number of ether oxygens (including phenoxy) is 2. The number of halogens is 2. The molecule has 7 heteroatoms. The number of aromatic nitrogens is 1. The van der Waals surface area contributed by atoms with Crippen LogP contribution in [-0.2, 0) is 6.61 Å². The van der Waals surface area contributed by atoms with Crippen molar-refractivity contribution in [1.29, 1.82) is 0 Å². The molecule has 1 aromatic heterocycles. The molecule has 1 aromatic carbocycles. The SMILES string of the molecule is COc1cc(Br)c(OCc2ccc(NN)nc2)cc1Br. The van der Waals surface area contributed by atoms with Gasteiger partial charge in [-0.1, -0.05) is 6.07 Å². The number of nitrogen functional groups attached to an aromatic ring is 1. The third-order valence-electron chi connectivity index (χ3n) is 2.57. The van der Waals surface area contributed by atoms with Crippen molar-refractivity contribution in [3.05, 3.63) is 45.0 Å². The van der Waals surface area contributed by atoms with Crippen molar-refractivity contribution in [3.63, 3.8) is 0 Å². The van der Waals surface area contributed by atoms with Gasteiger partial charge in [-0.3, -0.25) is 0 Å². The first kappa shape index (κ1) is 15.1. The quantitative estimate of drug-likeness (QED) is 0.591. The van der Waals surface area contributed by atoms with Crippen molar-refractivity contribution in [3.8, 4) is 11.5 Å². The van der Waals surface area contributed by atoms with Gasteiger partial charge in [0.15, 0.2) is 0 Å². The Morgan fingerprint density at radius 1 is 1.20 bits per heavy atom. The van der Waals surface area contributed by atoms with Crippen molar-refractivity contribution in [2.24, 2.45) is 5.84 Å². The lowest BCUT2D eigenvalue weighted by molar-refractivity contribution is 0.302. The summed E-state index contributed by atoms with van der Waals surface area (Å²) in [7, 11) is 1.62. The van der Waals surface area contributed by atoms with E-state index in [0.717, 1.165) is 26.0 Å². The first-order chi connectivity index (χ1) is 9.63. The maximum atomic E-state index is 5.75. The lowest BCUT2D eigenvalue weighted by Gasteiger charge is -2.11. The van der Waals surface area contributed by atoms with Crippen LogP contribution in [-0.4, -0.2) is 12.1 Å². The number of nitrogens with zero attached hydrogens (tertiary/aromatic N) is 1. The van der Waals surface area contributed by atoms with Gasteiger partial charge in [0.1, 0.15) is 23.9 Å². The number of hydrogen-bond donors (Lipinski definition) is 2. The molecule has 0 saturated carbocycles. The average molecular weight is 403 g/mol. The highest BCUT2D eigenvalue weighted by Crippen LogP contribution is 2.36. The van der Waals surface area contributed by atoms with Crippen LogP contribution in [0.5, 0.6) is 11.5 Å². The molecular weight excluding hydrogens is 390 g/mol. The van der Waals surface area contributed by atoms with Crippen LogP contribution in [0.25, 0.3) is 0 Å². The minimum absolute atomic E-state index is 0.412. The summed E-state index contributed by atoms with van der Waals surface area (Å²) in [6, 6.07) is 7.39. The normalized spacial score (nSPS) is 10.2. The molecule has 0 saturated heterocycles. The number of anilines is 1. The Bertz CT molecular complexity index is 591. The zero-order valence-corrected chi connectivity index (χ0v) is 13.9. The number of rotatable bonds is 5. The predicted octanol–water partition coefficient (Wildman–Crippen LogP) is 3.48. The molecule has 0 amide bonds. The lowest BCUT2D eigenvalue weighted by atomic mass is 10.3. The van der Waals surface area contributed by atoms with Crippen LogP contribution >= 0.6 is 31.9 Å². The van der Waals surface area contributed by atoms with E-state index in [1.807, 2.05) is 18.2 Å². The molecule has 0 aliphatic carbocycles. The molecule has 0 spiro atoms. The molecule has 5 nitrogen and oxygen atoms in total. The molecule has 0 radical (unpaired) electrons. The number of nitrogens with two attached hydrogens (primary N) is 1. The maximum Gasteiger partial charge on any atom is 0.139 e. The van der Waals surface area contributed by atoms with Crippen LogP contribution in [0.4, 0.5) is 5.82 Å². The summed E-state index contributed by atoms with van der Waals surface area (Å²) >= 11 is 6.88. The van der Waals surface area contributed by atoms with E-state index in [4.69, 9.17) is 15.3 Å². The van der Waals surface area contributed by atoms with Crippen LogP contribution in [0.1, 0.15) is 5.56 Å². The fourth-order valence-corrected chi connectivity index (χ4v) is 2.45. The maximum absolute atomic E-state index is 5.75. The van der Waals surface area contributed by atoms with Crippen molar-refractivity contribution in [1.82, 2.24) is 4.98 Å². The van der Waals surface area contributed by atoms with E-state index in [-0.39, 0.29) is 0 Å². The van der Waals surface area contributed by atoms with Crippen molar-refractivity contribution in [2.75, 3.05) is 12.5 Å². The Labute approximate surface area is 133 Å². The second-order valence-corrected chi connectivity index (χ2v) is 5.61. The Hall–Kier alpha value is -1.31. The van der Waals surface area contributed by atoms with Crippen LogP contribution < -0.4 is 20.7 Å². The summed E-state index contributed by atoms with van der Waals surface area (Å²) in [5, 5.41) is 0. The molecule has 20 heavy (non-hydrogen) atoms. The first-order valence-electron chi connectivity index (χ1n) is 5.71. The van der Waals surface area contributed by atoms with E-state index in [9.17, 15) is 0 Å². The van der Waals surface area contributed by atoms with Gasteiger partial charge < -0.3 is 14.9 Å². The van der Waals surface area contributed by atoms with Crippen molar-refractivity contribution < 1.29 is 9.47 Å². The summed E-state index contributed by atoms with van der Waals surface area (Å²) in [5.41, 5.74) is 3.42. The number of methoxy groups -OCH3 is 1. The third kappa shape index (κ3) is 3.62. The zero-order chi connectivity index (χ0) is 14.5. The summed E-state index contributed by atoms with van der Waals surface area (Å²) in [4.78, 5) is 4.12. The van der Waals surface area contributed by atoms with Gasteiger partial charge in [0.05, 0.1) is 16.1 Å². The van der Waals surface area contributed by atoms with Gasteiger partial charge in [-0.05, 0) is 50.1 Å². The van der Waals surface area contributed by atoms with Crippen LogP contribution in [0.15, 0.2) is 39.4 Å². The number of nitrogens with one attached hydrogen (secondary N) is 1. The largest absolute Gasteiger partial charge is 0.496 e. The molecule has 0 aliphatic heterocycles. The van der Waals surface area contributed by atoms with Crippen LogP contribution in [0.3, 0.4) is 0 Å². The molecule has 106 valence electrons. The van der Waals surface area contributed by atoms with Gasteiger partial charge in [-0.15, -0.1) is 0 Å². The highest BCUT2D eigenvalue weighted by molar-refractivity contribution is 9.11. The molecule has 2 aromatic rings. The Morgan fingerprint density at radius 3 is 2.50 bits per heavy atom. The standard InChI is InChI=1S/C13H13Br2N3O2/c1-19-11-4-10(15)12(5-9(11)14)20-7-8-2-3-13(18-16)17-6-8/h2-6H,7,16H2,1H3,(H,17,18). The lowest BCUT2D eigenvalue weighted by Crippen LogP contribution is -2.08. The van der Waals surface area contributed by atoms with E-state index >= 15 is 0 Å². The summed E-state index contributed by atoms with van der Waals surface area (Å²) < 4.78 is 12.6. The Kier molecular flexibility index (Phi) is 5.22. The number of benzene rings is 1. The van der Waals surface area contributed by atoms with E-state index in [0.29, 0.717) is 12.4 Å². The number of hydrazine groups is 1. The summed E-state index contributed by atoms with van der Waals surface area (Å²) in [6.07, 6.45) is 1.71. The number of hydrogen-bond acceptors (Lipinski definition) is 5. The highest BCUT2D eigenvalue weighted by Gasteiger charge is 2.08. The van der Waals surface area contributed by atoms with E-state index in [2.05, 4.69) is 42.3 Å². The van der Waals surface area contributed by atoms with Crippen molar-refractivity contribution in [2.45, 2.75) is 6.61 Å². The molecule has 0 aliphatic rings. The number of pyridine rings is 1. The minimum atomic E-state index is 0.412. The second kappa shape index (κ2) is 6.92. The van der Waals surface area contributed by atoms with E-state index in [1.165, 1.54) is 0 Å². The Balaban J connectivity index is 2.08. The van der Waals surface area contributed by atoms with Gasteiger partial charge in [0.25, 0.3) is 0 Å². The van der Waals surface area contributed by atoms with E-state index < -0.39 is 0 Å². The molecule has 0 atom stereocenters. The molecule has 0 bridgehead atoms. The molecule has 3 N–H and O–H groups in total. The fraction of sp³-hybridized carbons (Fsp3) is 0.154. The topological polar surface area (TPSA) is 69.4 Å². The molecule has 0 fully saturated rings. The van der Waals surface area contributed by atoms with Crippen LogP contribution in [0.2, 0.25) is 0 Å². The smallest absolute Gasteiger partial charge is 0.139 e. The molecular formula is C13H13Br2N3O2. The van der Waals surface area contributed by atoms with Crippen LogP contribution in [0, 0.1) is 0 Å². The summed E-state index contributed by atoms with van der Waals surface area (Å²) in [6.45, 7) is 0.412. The van der Waals surface area contributed by atoms with Gasteiger partial charge in [0, 0.05) is 11.8 Å². The molecule has 2 rings (SSSR count). The average Bonchev–Trinajstić information content (AvgIpc) is 2.48. The predicted molar refractivity (Wildman–Crippen MR) is 84.8 cm³/mol. The van der Waals surface area contributed by atoms with Gasteiger partial charge in [0.2, 0.25) is 0 Å². The Morgan fingerprint density at radius 2 is 1.90 bits per heavy atom. The molecule has 0 unspecified atom stereocenters. The summed E-state index contributed by atoms with van der Waals surface area (Å²) in [5.74, 6) is 7.34. The molecule has 1 heterocycles. The minimum Gasteiger partial charge on any atom is -0.496 e. The van der Waals surface area contributed by atoms with Gasteiger partial charge in [-0.25, -0.2) is 10.8 Å². The van der Waals surface area contributed by atoms with Crippen molar-refractivity contribution >= 4 is 37.7 Å². The van der Waals surface area contributed by atoms with E-state index in [1.54, 1.807) is 19.4 Å². The monoisotopic (exact) mass is 401 g/mol.